The van der Waals surface area contributed by atoms with Crippen molar-refractivity contribution in [3.05, 3.63) is 22.2 Å². The molecule has 19 heavy (non-hydrogen) atoms. The Labute approximate surface area is 121 Å². The summed E-state index contributed by atoms with van der Waals surface area (Å²) in [6, 6.07) is 4.47. The van der Waals surface area contributed by atoms with Crippen molar-refractivity contribution in [1.82, 2.24) is 5.32 Å². The number of fused-ring (bicyclic) bond motifs is 1. The molecule has 1 fully saturated rings. The Morgan fingerprint density at radius 1 is 1.42 bits per heavy atom. The first-order chi connectivity index (χ1) is 9.24. The van der Waals surface area contributed by atoms with Crippen LogP contribution in [0.3, 0.4) is 0 Å². The molecule has 3 rings (SSSR count). The standard InChI is InChI=1S/C14H18BrNO3/c1-9(12-3-2-4-17-12)16-7-10-5-11(15)14-13(6-10)18-8-19-14/h5-6,9,12,16H,2-4,7-8H2,1H3. The van der Waals surface area contributed by atoms with Gasteiger partial charge in [-0.25, -0.2) is 0 Å². The molecule has 2 aliphatic rings. The van der Waals surface area contributed by atoms with Crippen molar-refractivity contribution >= 4 is 15.9 Å². The summed E-state index contributed by atoms with van der Waals surface area (Å²) in [6.07, 6.45) is 2.67. The second-order valence-electron chi connectivity index (χ2n) is 5.03. The molecule has 0 saturated carbocycles. The van der Waals surface area contributed by atoms with Gasteiger partial charge in [-0.15, -0.1) is 0 Å². The van der Waals surface area contributed by atoms with E-state index in [1.165, 1.54) is 12.0 Å². The minimum Gasteiger partial charge on any atom is -0.454 e. The second kappa shape index (κ2) is 5.69. The molecule has 1 saturated heterocycles. The zero-order valence-electron chi connectivity index (χ0n) is 10.9. The number of ether oxygens (including phenoxy) is 3. The molecule has 0 bridgehead atoms. The molecule has 0 aromatic heterocycles. The van der Waals surface area contributed by atoms with Gasteiger partial charge >= 0.3 is 0 Å². The van der Waals surface area contributed by atoms with Gasteiger partial charge in [-0.1, -0.05) is 0 Å². The summed E-state index contributed by atoms with van der Waals surface area (Å²) < 4.78 is 17.4. The van der Waals surface area contributed by atoms with Gasteiger partial charge in [0, 0.05) is 19.2 Å². The molecule has 1 aromatic rings. The summed E-state index contributed by atoms with van der Waals surface area (Å²) in [5.74, 6) is 1.62. The van der Waals surface area contributed by atoms with Crippen LogP contribution in [0.15, 0.2) is 16.6 Å². The third-order valence-corrected chi connectivity index (χ3v) is 4.23. The highest BCUT2D eigenvalue weighted by molar-refractivity contribution is 9.10. The van der Waals surface area contributed by atoms with Crippen molar-refractivity contribution in [3.63, 3.8) is 0 Å². The summed E-state index contributed by atoms with van der Waals surface area (Å²) in [5.41, 5.74) is 1.18. The fraction of sp³-hybridized carbons (Fsp3) is 0.571. The van der Waals surface area contributed by atoms with Crippen LogP contribution in [0.1, 0.15) is 25.3 Å². The molecule has 0 amide bonds. The summed E-state index contributed by atoms with van der Waals surface area (Å²) in [7, 11) is 0. The van der Waals surface area contributed by atoms with Gasteiger partial charge in [-0.2, -0.15) is 0 Å². The van der Waals surface area contributed by atoms with Crippen LogP contribution in [0.2, 0.25) is 0 Å². The molecule has 5 heteroatoms. The summed E-state index contributed by atoms with van der Waals surface area (Å²) >= 11 is 3.51. The van der Waals surface area contributed by atoms with Gasteiger partial charge in [0.05, 0.1) is 10.6 Å². The zero-order valence-corrected chi connectivity index (χ0v) is 12.5. The lowest BCUT2D eigenvalue weighted by atomic mass is 10.1. The maximum absolute atomic E-state index is 5.68. The van der Waals surface area contributed by atoms with Gasteiger partial charge in [-0.05, 0) is 53.4 Å². The first kappa shape index (κ1) is 13.2. The maximum atomic E-state index is 5.68. The van der Waals surface area contributed by atoms with Gasteiger partial charge in [0.2, 0.25) is 6.79 Å². The normalized spacial score (nSPS) is 22.7. The number of nitrogens with one attached hydrogen (secondary N) is 1. The monoisotopic (exact) mass is 327 g/mol. The first-order valence-electron chi connectivity index (χ1n) is 6.67. The van der Waals surface area contributed by atoms with E-state index in [1.807, 2.05) is 6.07 Å². The van der Waals surface area contributed by atoms with E-state index >= 15 is 0 Å². The van der Waals surface area contributed by atoms with E-state index in [-0.39, 0.29) is 0 Å². The summed E-state index contributed by atoms with van der Waals surface area (Å²) in [4.78, 5) is 0. The lowest BCUT2D eigenvalue weighted by molar-refractivity contribution is 0.0832. The van der Waals surface area contributed by atoms with Crippen LogP contribution in [-0.2, 0) is 11.3 Å². The van der Waals surface area contributed by atoms with Gasteiger partial charge in [-0.3, -0.25) is 0 Å². The minimum atomic E-state index is 0.303. The summed E-state index contributed by atoms with van der Waals surface area (Å²) in [6.45, 7) is 4.18. The molecular weight excluding hydrogens is 310 g/mol. The Morgan fingerprint density at radius 2 is 2.32 bits per heavy atom. The number of halogens is 1. The van der Waals surface area contributed by atoms with Crippen LogP contribution in [-0.4, -0.2) is 25.5 Å². The SMILES string of the molecule is CC(NCc1cc(Br)c2c(c1)OCO2)C1CCCO1. The lowest BCUT2D eigenvalue weighted by Crippen LogP contribution is -2.36. The van der Waals surface area contributed by atoms with Gasteiger partial charge in [0.15, 0.2) is 11.5 Å². The average molecular weight is 328 g/mol. The molecule has 0 aliphatic carbocycles. The molecule has 2 atom stereocenters. The van der Waals surface area contributed by atoms with Crippen molar-refractivity contribution in [2.45, 2.75) is 38.5 Å². The van der Waals surface area contributed by atoms with Crippen LogP contribution in [0.25, 0.3) is 0 Å². The number of benzene rings is 1. The van der Waals surface area contributed by atoms with E-state index < -0.39 is 0 Å². The van der Waals surface area contributed by atoms with E-state index in [0.717, 1.165) is 35.5 Å². The number of rotatable bonds is 4. The van der Waals surface area contributed by atoms with Crippen molar-refractivity contribution in [2.24, 2.45) is 0 Å². The Bertz CT molecular complexity index is 460. The predicted molar refractivity (Wildman–Crippen MR) is 75.5 cm³/mol. The van der Waals surface area contributed by atoms with Crippen molar-refractivity contribution in [2.75, 3.05) is 13.4 Å². The topological polar surface area (TPSA) is 39.7 Å². The van der Waals surface area contributed by atoms with E-state index in [0.29, 0.717) is 18.9 Å². The van der Waals surface area contributed by atoms with Crippen molar-refractivity contribution in [3.8, 4) is 11.5 Å². The van der Waals surface area contributed by atoms with Crippen LogP contribution in [0.5, 0.6) is 11.5 Å². The minimum absolute atomic E-state index is 0.303. The van der Waals surface area contributed by atoms with Gasteiger partial charge < -0.3 is 19.5 Å². The number of hydrogen-bond acceptors (Lipinski definition) is 4. The summed E-state index contributed by atoms with van der Waals surface area (Å²) in [5, 5.41) is 3.52. The fourth-order valence-electron chi connectivity index (χ4n) is 2.53. The number of hydrogen-bond donors (Lipinski definition) is 1. The van der Waals surface area contributed by atoms with E-state index in [1.54, 1.807) is 0 Å². The highest BCUT2D eigenvalue weighted by Gasteiger charge is 2.22. The third-order valence-electron chi connectivity index (χ3n) is 3.64. The van der Waals surface area contributed by atoms with E-state index in [2.05, 4.69) is 34.2 Å². The van der Waals surface area contributed by atoms with Crippen LogP contribution in [0.4, 0.5) is 0 Å². The molecule has 2 heterocycles. The average Bonchev–Trinajstić information content (AvgIpc) is 3.06. The molecular formula is C14H18BrNO3. The largest absolute Gasteiger partial charge is 0.454 e. The van der Waals surface area contributed by atoms with Gasteiger partial charge in [0.25, 0.3) is 0 Å². The Kier molecular flexibility index (Phi) is 3.96. The lowest BCUT2D eigenvalue weighted by Gasteiger charge is -2.20. The van der Waals surface area contributed by atoms with Crippen molar-refractivity contribution < 1.29 is 14.2 Å². The molecule has 1 N–H and O–H groups in total. The molecule has 4 nitrogen and oxygen atoms in total. The Balaban J connectivity index is 1.62. The molecule has 0 radical (unpaired) electrons. The Hall–Kier alpha value is -0.780. The first-order valence-corrected chi connectivity index (χ1v) is 7.46. The molecule has 104 valence electrons. The molecule has 0 spiro atoms. The van der Waals surface area contributed by atoms with Crippen LogP contribution in [0, 0.1) is 0 Å². The quantitative estimate of drug-likeness (QED) is 0.923. The van der Waals surface area contributed by atoms with E-state index in [4.69, 9.17) is 14.2 Å². The molecule has 2 unspecified atom stereocenters. The predicted octanol–water partition coefficient (Wildman–Crippen LogP) is 2.83. The maximum Gasteiger partial charge on any atom is 0.231 e. The van der Waals surface area contributed by atoms with Gasteiger partial charge in [0.1, 0.15) is 0 Å². The molecule has 2 aliphatic heterocycles. The highest BCUT2D eigenvalue weighted by atomic mass is 79.9. The Morgan fingerprint density at radius 3 is 3.11 bits per heavy atom. The van der Waals surface area contributed by atoms with Crippen LogP contribution < -0.4 is 14.8 Å². The molecule has 1 aromatic carbocycles. The van der Waals surface area contributed by atoms with Crippen LogP contribution >= 0.6 is 15.9 Å². The third kappa shape index (κ3) is 2.88. The smallest absolute Gasteiger partial charge is 0.231 e. The fourth-order valence-corrected chi connectivity index (χ4v) is 3.13. The highest BCUT2D eigenvalue weighted by Crippen LogP contribution is 2.39. The second-order valence-corrected chi connectivity index (χ2v) is 5.89. The van der Waals surface area contributed by atoms with Crippen molar-refractivity contribution in [1.29, 1.82) is 0 Å². The zero-order chi connectivity index (χ0) is 13.2. The van der Waals surface area contributed by atoms with E-state index in [9.17, 15) is 0 Å².